The van der Waals surface area contributed by atoms with Crippen molar-refractivity contribution in [2.45, 2.75) is 37.0 Å². The number of hydrazine groups is 1. The highest BCUT2D eigenvalue weighted by atomic mass is 35.5. The molecular weight excluding hydrogens is 304 g/mol. The molecule has 2 rings (SSSR count). The Bertz CT molecular complexity index is 625. The van der Waals surface area contributed by atoms with Crippen LogP contribution in [0.25, 0.3) is 0 Å². The maximum Gasteiger partial charge on any atom is 0.144 e. The molecule has 0 aliphatic carbocycles. The SMILES string of the molecule is CC(C)(C)c1nc(NN)cc(SCc2ccccc2Cl)n1. The minimum absolute atomic E-state index is 0.132. The van der Waals surface area contributed by atoms with Crippen molar-refractivity contribution < 1.29 is 0 Å². The number of hydrogen-bond acceptors (Lipinski definition) is 5. The van der Waals surface area contributed by atoms with Gasteiger partial charge in [-0.1, -0.05) is 50.6 Å². The Morgan fingerprint density at radius 1 is 1.24 bits per heavy atom. The van der Waals surface area contributed by atoms with Gasteiger partial charge in [0.2, 0.25) is 0 Å². The van der Waals surface area contributed by atoms with Gasteiger partial charge in [0, 0.05) is 22.3 Å². The summed E-state index contributed by atoms with van der Waals surface area (Å²) in [5.41, 5.74) is 3.55. The van der Waals surface area contributed by atoms with Crippen molar-refractivity contribution in [1.29, 1.82) is 0 Å². The number of anilines is 1. The Kier molecular flexibility index (Phi) is 5.08. The number of nitrogens with zero attached hydrogens (tertiary/aromatic N) is 2. The number of rotatable bonds is 4. The zero-order valence-electron chi connectivity index (χ0n) is 12.4. The molecule has 0 unspecified atom stereocenters. The van der Waals surface area contributed by atoms with Crippen molar-refractivity contribution in [2.75, 3.05) is 5.43 Å². The molecule has 0 fully saturated rings. The second kappa shape index (κ2) is 6.64. The molecule has 112 valence electrons. The number of hydrogen-bond donors (Lipinski definition) is 2. The van der Waals surface area contributed by atoms with E-state index in [1.807, 2.05) is 30.3 Å². The summed E-state index contributed by atoms with van der Waals surface area (Å²) in [5, 5.41) is 1.65. The van der Waals surface area contributed by atoms with Crippen molar-refractivity contribution in [3.8, 4) is 0 Å². The molecule has 0 atom stereocenters. The number of benzene rings is 1. The smallest absolute Gasteiger partial charge is 0.144 e. The highest BCUT2D eigenvalue weighted by Gasteiger charge is 2.19. The molecular formula is C15H19ClN4S. The van der Waals surface area contributed by atoms with Crippen LogP contribution in [0.3, 0.4) is 0 Å². The summed E-state index contributed by atoms with van der Waals surface area (Å²) >= 11 is 7.79. The van der Waals surface area contributed by atoms with Gasteiger partial charge in [-0.25, -0.2) is 15.8 Å². The third-order valence-electron chi connectivity index (χ3n) is 2.85. The Morgan fingerprint density at radius 3 is 2.57 bits per heavy atom. The van der Waals surface area contributed by atoms with Crippen LogP contribution < -0.4 is 11.3 Å². The van der Waals surface area contributed by atoms with Crippen LogP contribution in [0.5, 0.6) is 0 Å². The number of nitrogens with one attached hydrogen (secondary N) is 1. The van der Waals surface area contributed by atoms with Gasteiger partial charge >= 0.3 is 0 Å². The summed E-state index contributed by atoms with van der Waals surface area (Å²) in [6.45, 7) is 6.22. The third kappa shape index (κ3) is 4.33. The van der Waals surface area contributed by atoms with Gasteiger partial charge in [0.1, 0.15) is 16.7 Å². The van der Waals surface area contributed by atoms with Gasteiger partial charge < -0.3 is 5.43 Å². The molecule has 0 saturated heterocycles. The first kappa shape index (κ1) is 16.1. The number of halogens is 1. The Balaban J connectivity index is 2.22. The van der Waals surface area contributed by atoms with E-state index in [-0.39, 0.29) is 5.41 Å². The highest BCUT2D eigenvalue weighted by molar-refractivity contribution is 7.98. The number of nitrogens with two attached hydrogens (primary N) is 1. The topological polar surface area (TPSA) is 63.8 Å². The Morgan fingerprint density at radius 2 is 1.95 bits per heavy atom. The van der Waals surface area contributed by atoms with Crippen LogP contribution in [0.2, 0.25) is 5.02 Å². The normalized spacial score (nSPS) is 11.5. The van der Waals surface area contributed by atoms with E-state index < -0.39 is 0 Å². The highest BCUT2D eigenvalue weighted by Crippen LogP contribution is 2.28. The predicted octanol–water partition coefficient (Wildman–Crippen LogP) is 4.01. The molecule has 0 radical (unpaired) electrons. The summed E-state index contributed by atoms with van der Waals surface area (Å²) in [5.74, 6) is 7.63. The van der Waals surface area contributed by atoms with Crippen LogP contribution >= 0.6 is 23.4 Å². The van der Waals surface area contributed by atoms with Gasteiger partial charge in [-0.3, -0.25) is 0 Å². The van der Waals surface area contributed by atoms with Gasteiger partial charge in [-0.15, -0.1) is 11.8 Å². The first-order valence-electron chi connectivity index (χ1n) is 6.62. The maximum atomic E-state index is 6.17. The van der Waals surface area contributed by atoms with Crippen molar-refractivity contribution >= 4 is 29.2 Å². The van der Waals surface area contributed by atoms with Crippen molar-refractivity contribution in [3.63, 3.8) is 0 Å². The summed E-state index contributed by atoms with van der Waals surface area (Å²) in [7, 11) is 0. The van der Waals surface area contributed by atoms with E-state index in [0.717, 1.165) is 27.2 Å². The summed E-state index contributed by atoms with van der Waals surface area (Å²) in [4.78, 5) is 9.02. The molecule has 4 nitrogen and oxygen atoms in total. The fourth-order valence-electron chi connectivity index (χ4n) is 1.68. The van der Waals surface area contributed by atoms with E-state index in [1.165, 1.54) is 0 Å². The second-order valence-electron chi connectivity index (χ2n) is 5.69. The van der Waals surface area contributed by atoms with Crippen LogP contribution in [0, 0.1) is 0 Å². The molecule has 0 aliphatic rings. The number of thioether (sulfide) groups is 1. The van der Waals surface area contributed by atoms with E-state index >= 15 is 0 Å². The predicted molar refractivity (Wildman–Crippen MR) is 89.6 cm³/mol. The Hall–Kier alpha value is -1.30. The Labute approximate surface area is 134 Å². The monoisotopic (exact) mass is 322 g/mol. The summed E-state index contributed by atoms with van der Waals surface area (Å²) < 4.78 is 0. The average molecular weight is 323 g/mol. The molecule has 0 amide bonds. The molecule has 0 spiro atoms. The summed E-state index contributed by atoms with van der Waals surface area (Å²) in [6.07, 6.45) is 0. The van der Waals surface area contributed by atoms with Crippen LogP contribution in [0.4, 0.5) is 5.82 Å². The minimum Gasteiger partial charge on any atom is -0.308 e. The molecule has 1 aromatic heterocycles. The fourth-order valence-corrected chi connectivity index (χ4v) is 2.86. The van der Waals surface area contributed by atoms with Crippen molar-refractivity contribution in [3.05, 3.63) is 46.7 Å². The van der Waals surface area contributed by atoms with E-state index in [9.17, 15) is 0 Å². The van der Waals surface area contributed by atoms with Crippen LogP contribution in [0.15, 0.2) is 35.4 Å². The van der Waals surface area contributed by atoms with E-state index in [2.05, 4.69) is 36.2 Å². The molecule has 2 aromatic rings. The van der Waals surface area contributed by atoms with Gasteiger partial charge in [-0.2, -0.15) is 0 Å². The van der Waals surface area contributed by atoms with Gasteiger partial charge in [0.15, 0.2) is 0 Å². The van der Waals surface area contributed by atoms with E-state index in [1.54, 1.807) is 11.8 Å². The van der Waals surface area contributed by atoms with E-state index in [0.29, 0.717) is 5.82 Å². The largest absolute Gasteiger partial charge is 0.308 e. The first-order valence-corrected chi connectivity index (χ1v) is 7.99. The zero-order valence-corrected chi connectivity index (χ0v) is 13.9. The molecule has 6 heteroatoms. The molecule has 3 N–H and O–H groups in total. The lowest BCUT2D eigenvalue weighted by molar-refractivity contribution is 0.539. The molecule has 21 heavy (non-hydrogen) atoms. The molecule has 0 saturated carbocycles. The second-order valence-corrected chi connectivity index (χ2v) is 7.09. The van der Waals surface area contributed by atoms with Gasteiger partial charge in [-0.05, 0) is 11.6 Å². The fraction of sp³-hybridized carbons (Fsp3) is 0.333. The minimum atomic E-state index is -0.132. The van der Waals surface area contributed by atoms with Crippen LogP contribution in [-0.2, 0) is 11.2 Å². The summed E-state index contributed by atoms with van der Waals surface area (Å²) in [6, 6.07) is 9.66. The number of aromatic nitrogens is 2. The van der Waals surface area contributed by atoms with Crippen molar-refractivity contribution in [2.24, 2.45) is 5.84 Å². The first-order chi connectivity index (χ1) is 9.90. The average Bonchev–Trinajstić information content (AvgIpc) is 2.45. The lowest BCUT2D eigenvalue weighted by atomic mass is 9.96. The lowest BCUT2D eigenvalue weighted by Crippen LogP contribution is -2.19. The third-order valence-corrected chi connectivity index (χ3v) is 4.18. The molecule has 0 aliphatic heterocycles. The molecule has 0 bridgehead atoms. The van der Waals surface area contributed by atoms with E-state index in [4.69, 9.17) is 17.4 Å². The number of nitrogen functional groups attached to an aromatic ring is 1. The maximum absolute atomic E-state index is 6.17. The quantitative estimate of drug-likeness (QED) is 0.385. The zero-order chi connectivity index (χ0) is 15.5. The molecule has 1 heterocycles. The standard InChI is InChI=1S/C15H19ClN4S/c1-15(2,3)14-18-12(20-17)8-13(19-14)21-9-10-6-4-5-7-11(10)16/h4-8H,9,17H2,1-3H3,(H,18,19,20). The lowest BCUT2D eigenvalue weighted by Gasteiger charge is -2.18. The van der Waals surface area contributed by atoms with Crippen molar-refractivity contribution in [1.82, 2.24) is 9.97 Å². The van der Waals surface area contributed by atoms with Crippen LogP contribution in [0.1, 0.15) is 32.2 Å². The molecule has 1 aromatic carbocycles. The van der Waals surface area contributed by atoms with Gasteiger partial charge in [0.25, 0.3) is 0 Å². The van der Waals surface area contributed by atoms with Crippen LogP contribution in [-0.4, -0.2) is 9.97 Å². The van der Waals surface area contributed by atoms with Gasteiger partial charge in [0.05, 0.1) is 0 Å².